The highest BCUT2D eigenvalue weighted by molar-refractivity contribution is 5.87. The van der Waals surface area contributed by atoms with Crippen molar-refractivity contribution in [2.45, 2.75) is 99.2 Å². The number of hydrogen-bond acceptors (Lipinski definition) is 8. The number of ether oxygens (including phenoxy) is 2. The molecule has 3 N–H and O–H groups in total. The van der Waals surface area contributed by atoms with Crippen LogP contribution in [0.5, 0.6) is 0 Å². The van der Waals surface area contributed by atoms with Crippen LogP contribution in [0.25, 0.3) is 11.3 Å². The van der Waals surface area contributed by atoms with Crippen LogP contribution in [0, 0.1) is 0 Å². The van der Waals surface area contributed by atoms with Gasteiger partial charge in [0.2, 0.25) is 5.91 Å². The minimum Gasteiger partial charge on any atom is -0.453 e. The second-order valence-corrected chi connectivity index (χ2v) is 18.3. The van der Waals surface area contributed by atoms with E-state index in [1.807, 2.05) is 59.6 Å². The highest BCUT2D eigenvalue weighted by atomic mass is 16.5. The Kier molecular flexibility index (Phi) is 11.4. The largest absolute Gasteiger partial charge is 0.453 e. The number of carbonyl (C=O) groups is 3. The minimum absolute atomic E-state index is 0.0486. The molecule has 328 valence electrons. The smallest absolute Gasteiger partial charge is 0.407 e. The molecule has 3 aliphatic heterocycles. The molecule has 3 saturated heterocycles. The topological polar surface area (TPSA) is 149 Å². The third-order valence-electron chi connectivity index (χ3n) is 15.1. The molecule has 0 radical (unpaired) electrons. The third kappa shape index (κ3) is 7.83. The molecule has 63 heavy (non-hydrogen) atoms. The summed E-state index contributed by atoms with van der Waals surface area (Å²) in [6.07, 6.45) is 13.5. The number of likely N-dealkylation sites (tertiary alicyclic amines) is 2. The summed E-state index contributed by atoms with van der Waals surface area (Å²) in [5.74, 6) is 1.66. The van der Waals surface area contributed by atoms with Gasteiger partial charge in [0.25, 0.3) is 5.91 Å². The van der Waals surface area contributed by atoms with Gasteiger partial charge in [-0.05, 0) is 91.9 Å². The molecule has 13 heteroatoms. The summed E-state index contributed by atoms with van der Waals surface area (Å²) in [5.41, 5.74) is 6.59. The van der Waals surface area contributed by atoms with Gasteiger partial charge in [0.1, 0.15) is 23.7 Å². The molecular weight excluding hydrogens is 793 g/mol. The zero-order valence-electron chi connectivity index (χ0n) is 36.1. The Morgan fingerprint density at radius 2 is 1.27 bits per heavy atom. The molecule has 11 rings (SSSR count). The van der Waals surface area contributed by atoms with E-state index in [9.17, 15) is 14.4 Å². The fraction of sp³-hybridized carbons (Fsp3) is 0.460. The Balaban J connectivity index is 0.797. The van der Waals surface area contributed by atoms with Gasteiger partial charge in [0.15, 0.2) is 0 Å². The highest BCUT2D eigenvalue weighted by Gasteiger charge is 2.51. The number of H-pyrrole nitrogens is 2. The van der Waals surface area contributed by atoms with Crippen molar-refractivity contribution in [2.75, 3.05) is 46.5 Å². The average molecular weight is 851 g/mol. The number of hydrogen-bond donors (Lipinski definition) is 3. The number of nitrogens with one attached hydrogen (secondary N) is 3. The number of alkyl carbamates (subject to hydrolysis) is 1. The average Bonchev–Trinajstić information content (AvgIpc) is 4.20. The summed E-state index contributed by atoms with van der Waals surface area (Å²) in [6, 6.07) is 27.1. The van der Waals surface area contributed by atoms with Crippen LogP contribution in [0.4, 0.5) is 4.79 Å². The van der Waals surface area contributed by atoms with Gasteiger partial charge in [-0.2, -0.15) is 0 Å². The van der Waals surface area contributed by atoms with E-state index in [0.29, 0.717) is 25.3 Å². The van der Waals surface area contributed by atoms with Crippen LogP contribution < -0.4 is 5.32 Å². The summed E-state index contributed by atoms with van der Waals surface area (Å²) in [4.78, 5) is 64.1. The fourth-order valence-corrected chi connectivity index (χ4v) is 11.5. The second-order valence-electron chi connectivity index (χ2n) is 18.3. The fourth-order valence-electron chi connectivity index (χ4n) is 11.5. The molecule has 5 aromatic rings. The molecule has 0 spiro atoms. The van der Waals surface area contributed by atoms with Crippen molar-refractivity contribution in [1.29, 1.82) is 0 Å². The molecule has 6 fully saturated rings. The zero-order valence-corrected chi connectivity index (χ0v) is 36.1. The number of aromatic amines is 2. The predicted molar refractivity (Wildman–Crippen MR) is 237 cm³/mol. The van der Waals surface area contributed by atoms with E-state index in [4.69, 9.17) is 19.4 Å². The van der Waals surface area contributed by atoms with E-state index in [1.54, 1.807) is 0 Å². The number of amides is 3. The third-order valence-corrected chi connectivity index (χ3v) is 15.1. The monoisotopic (exact) mass is 850 g/mol. The van der Waals surface area contributed by atoms with E-state index in [-0.39, 0.29) is 40.8 Å². The van der Waals surface area contributed by atoms with E-state index in [2.05, 4.69) is 67.7 Å². The number of benzene rings is 3. The first-order valence-corrected chi connectivity index (χ1v) is 22.9. The first-order valence-electron chi connectivity index (χ1n) is 22.9. The predicted octanol–water partition coefficient (Wildman–Crippen LogP) is 7.84. The summed E-state index contributed by atoms with van der Waals surface area (Å²) >= 11 is 0. The molecular formula is C50H58N8O5. The Hall–Kier alpha value is -5.79. The normalized spacial score (nSPS) is 25.8. The number of imidazole rings is 2. The molecule has 4 atom stereocenters. The molecule has 3 amide bonds. The quantitative estimate of drug-likeness (QED) is 0.122. The zero-order chi connectivity index (χ0) is 43.0. The molecule has 5 heterocycles. The van der Waals surface area contributed by atoms with Crippen molar-refractivity contribution in [1.82, 2.24) is 40.0 Å². The van der Waals surface area contributed by atoms with Crippen molar-refractivity contribution < 1.29 is 23.9 Å². The SMILES string of the molecule is COC(=O)N[C@@H](C(=O)N1CCC[C@H]1c1ncc(-c2ccc(C34CCC(c5cnc([C@@H]6CCCN6C(=O)[C@@H](c6ccccc6)N6CCOCC6)[nH]5)(CC3)CC4)cc2)[nH]1)c1ccccc1. The number of fused-ring (bicyclic) bond motifs is 3. The van der Waals surface area contributed by atoms with Gasteiger partial charge in [-0.1, -0.05) is 84.9 Å². The maximum absolute atomic E-state index is 14.5. The second kappa shape index (κ2) is 17.4. The van der Waals surface area contributed by atoms with Gasteiger partial charge in [-0.15, -0.1) is 0 Å². The van der Waals surface area contributed by atoms with Crippen LogP contribution in [0.3, 0.4) is 0 Å². The van der Waals surface area contributed by atoms with Crippen LogP contribution >= 0.6 is 0 Å². The van der Waals surface area contributed by atoms with Crippen molar-refractivity contribution in [2.24, 2.45) is 0 Å². The molecule has 2 bridgehead atoms. The Labute approximate surface area is 369 Å². The maximum Gasteiger partial charge on any atom is 0.407 e. The number of nitrogens with zero attached hydrogens (tertiary/aromatic N) is 5. The molecule has 6 aliphatic rings. The van der Waals surface area contributed by atoms with Crippen molar-refractivity contribution in [3.63, 3.8) is 0 Å². The van der Waals surface area contributed by atoms with Crippen LogP contribution in [-0.4, -0.2) is 99.0 Å². The van der Waals surface area contributed by atoms with Crippen LogP contribution in [0.1, 0.15) is 122 Å². The number of aromatic nitrogens is 4. The molecule has 13 nitrogen and oxygen atoms in total. The number of carbonyl (C=O) groups excluding carboxylic acids is 3. The van der Waals surface area contributed by atoms with E-state index in [0.717, 1.165) is 112 Å². The van der Waals surface area contributed by atoms with Gasteiger partial charge in [0.05, 0.1) is 44.3 Å². The van der Waals surface area contributed by atoms with Crippen molar-refractivity contribution in [3.8, 4) is 11.3 Å². The van der Waals surface area contributed by atoms with E-state index in [1.165, 1.54) is 18.4 Å². The molecule has 0 unspecified atom stereocenters. The van der Waals surface area contributed by atoms with Crippen LogP contribution in [0.15, 0.2) is 97.3 Å². The van der Waals surface area contributed by atoms with Crippen LogP contribution in [-0.2, 0) is 29.9 Å². The standard InChI is InChI=1S/C50H58N8O5/c1-62-48(61)55-42(35-10-4-2-5-11-35)46(59)57-26-8-14-39(57)44-51-32-38(53-44)34-16-18-37(19-17-34)49-20-23-50(24-21-49,25-22-49)41-33-52-45(54-41)40-15-9-27-58(40)47(60)43(36-12-6-3-7-13-36)56-28-30-63-31-29-56/h2-7,10-13,16-19,32-33,39-40,42-43H,8-9,14-15,20-31H2,1H3,(H,51,53)(H,52,54)(H,55,61)/t39-,40-,42+,43+,49?,50?/m0/s1. The lowest BCUT2D eigenvalue weighted by molar-refractivity contribution is -0.140. The first-order chi connectivity index (χ1) is 30.8. The Morgan fingerprint density at radius 3 is 1.90 bits per heavy atom. The maximum atomic E-state index is 14.5. The lowest BCUT2D eigenvalue weighted by atomic mass is 9.51. The number of rotatable bonds is 11. The van der Waals surface area contributed by atoms with E-state index >= 15 is 0 Å². The minimum atomic E-state index is -0.859. The summed E-state index contributed by atoms with van der Waals surface area (Å²) in [6.45, 7) is 4.10. The van der Waals surface area contributed by atoms with Crippen molar-refractivity contribution in [3.05, 3.63) is 131 Å². The van der Waals surface area contributed by atoms with Gasteiger partial charge >= 0.3 is 6.09 Å². The summed E-state index contributed by atoms with van der Waals surface area (Å²) < 4.78 is 10.5. The summed E-state index contributed by atoms with van der Waals surface area (Å²) in [5, 5.41) is 2.75. The highest BCUT2D eigenvalue weighted by Crippen LogP contribution is 2.58. The first kappa shape index (κ1) is 41.2. The van der Waals surface area contributed by atoms with Gasteiger partial charge in [-0.3, -0.25) is 14.5 Å². The Morgan fingerprint density at radius 1 is 0.698 bits per heavy atom. The molecule has 3 aromatic carbocycles. The van der Waals surface area contributed by atoms with E-state index < -0.39 is 12.1 Å². The lowest BCUT2D eigenvalue weighted by Gasteiger charge is -2.53. The van der Waals surface area contributed by atoms with Gasteiger partial charge in [-0.25, -0.2) is 14.8 Å². The Bertz CT molecular complexity index is 2370. The van der Waals surface area contributed by atoms with Gasteiger partial charge in [0, 0.05) is 43.5 Å². The van der Waals surface area contributed by atoms with Crippen LogP contribution in [0.2, 0.25) is 0 Å². The molecule has 3 saturated carbocycles. The molecule has 3 aliphatic carbocycles. The summed E-state index contributed by atoms with van der Waals surface area (Å²) in [7, 11) is 1.30. The molecule has 2 aromatic heterocycles. The number of morpholine rings is 1. The van der Waals surface area contributed by atoms with Gasteiger partial charge < -0.3 is 34.6 Å². The lowest BCUT2D eigenvalue weighted by Crippen LogP contribution is -2.47. The number of methoxy groups -OCH3 is 1. The van der Waals surface area contributed by atoms with Crippen molar-refractivity contribution >= 4 is 17.9 Å².